The molecule has 0 radical (unpaired) electrons. The minimum atomic E-state index is -0.00346. The fourth-order valence-corrected chi connectivity index (χ4v) is 6.21. The second-order valence-electron chi connectivity index (χ2n) is 6.95. The summed E-state index contributed by atoms with van der Waals surface area (Å²) in [6.45, 7) is 1.37. The molecule has 2 heterocycles. The van der Waals surface area contributed by atoms with E-state index in [0.29, 0.717) is 21.2 Å². The number of phenolic OH excluding ortho intramolecular Hbond substituents is 1. The number of aliphatic imine (C=N–C) groups is 1. The fraction of sp³-hybridized carbons (Fsp3) is 0.286. The molecule has 1 aromatic heterocycles. The van der Waals surface area contributed by atoms with Gasteiger partial charge in [-0.1, -0.05) is 11.8 Å². The van der Waals surface area contributed by atoms with Crippen LogP contribution in [0.15, 0.2) is 48.6 Å². The first-order chi connectivity index (χ1) is 15.0. The number of amides is 1. The molecule has 0 unspecified atom stereocenters. The number of hydrogen-bond acceptors (Lipinski definition) is 7. The van der Waals surface area contributed by atoms with E-state index in [1.807, 2.05) is 18.2 Å². The quantitative estimate of drug-likeness (QED) is 0.276. The number of carbonyl (C=O) groups is 1. The second-order valence-corrected chi connectivity index (χ2v) is 10.9. The number of ether oxygens (including phenoxy) is 1. The Kier molecular flexibility index (Phi) is 7.65. The summed E-state index contributed by atoms with van der Waals surface area (Å²) in [5.74, 6) is 0.493. The van der Waals surface area contributed by atoms with E-state index in [4.69, 9.17) is 4.74 Å². The number of aromatic hydroxyl groups is 1. The molecule has 0 spiro atoms. The third kappa shape index (κ3) is 6.07. The molecule has 1 saturated heterocycles. The normalized spacial score (nSPS) is 16.4. The van der Waals surface area contributed by atoms with Gasteiger partial charge in [-0.15, -0.1) is 11.3 Å². The number of phenols is 1. The second kappa shape index (κ2) is 10.4. The van der Waals surface area contributed by atoms with Crippen molar-refractivity contribution in [2.45, 2.75) is 23.3 Å². The van der Waals surface area contributed by atoms with Crippen LogP contribution in [0.2, 0.25) is 0 Å². The standard InChI is InChI=1S/C21H19Br2N3O3S2/c22-15-6-12(7-16(23)20(15)28)9-24-13-3-4-17-18(8-13)31-21(26-17)30-11-19(27)25-10-14-2-1-5-29-14/h3-4,6-9,14,28H,1-2,5,10-11H2,(H,25,27)/t14-/m0/s1. The van der Waals surface area contributed by atoms with Gasteiger partial charge in [0.25, 0.3) is 0 Å². The molecular weight excluding hydrogens is 566 g/mol. The number of carbonyl (C=O) groups excluding carboxylic acids is 1. The van der Waals surface area contributed by atoms with Gasteiger partial charge in [0.1, 0.15) is 5.75 Å². The topological polar surface area (TPSA) is 83.8 Å². The Morgan fingerprint density at radius 2 is 2.16 bits per heavy atom. The van der Waals surface area contributed by atoms with Crippen LogP contribution >= 0.6 is 55.0 Å². The van der Waals surface area contributed by atoms with Gasteiger partial charge in [-0.05, 0) is 80.6 Å². The summed E-state index contributed by atoms with van der Waals surface area (Å²) in [6, 6.07) is 9.42. The molecule has 1 aliphatic rings. The maximum atomic E-state index is 12.1. The van der Waals surface area contributed by atoms with E-state index in [0.717, 1.165) is 45.3 Å². The van der Waals surface area contributed by atoms with Crippen molar-refractivity contribution < 1.29 is 14.6 Å². The zero-order chi connectivity index (χ0) is 21.8. The molecule has 6 nitrogen and oxygen atoms in total. The number of aromatic nitrogens is 1. The van der Waals surface area contributed by atoms with Crippen LogP contribution in [0.25, 0.3) is 10.2 Å². The first-order valence-electron chi connectivity index (χ1n) is 9.62. The van der Waals surface area contributed by atoms with Crippen LogP contribution in [-0.4, -0.2) is 47.2 Å². The molecule has 162 valence electrons. The van der Waals surface area contributed by atoms with Gasteiger partial charge in [-0.25, -0.2) is 4.98 Å². The molecule has 1 aliphatic heterocycles. The predicted molar refractivity (Wildman–Crippen MR) is 133 cm³/mol. The zero-order valence-electron chi connectivity index (χ0n) is 16.3. The number of rotatable bonds is 7. The average molecular weight is 585 g/mol. The highest BCUT2D eigenvalue weighted by Gasteiger charge is 2.16. The van der Waals surface area contributed by atoms with Crippen molar-refractivity contribution in [3.8, 4) is 5.75 Å². The number of nitrogens with one attached hydrogen (secondary N) is 1. The van der Waals surface area contributed by atoms with Crippen molar-refractivity contribution in [2.24, 2.45) is 4.99 Å². The van der Waals surface area contributed by atoms with E-state index in [1.54, 1.807) is 29.7 Å². The summed E-state index contributed by atoms with van der Waals surface area (Å²) in [4.78, 5) is 21.2. The average Bonchev–Trinajstić information content (AvgIpc) is 3.42. The minimum Gasteiger partial charge on any atom is -0.506 e. The molecule has 4 rings (SSSR count). The van der Waals surface area contributed by atoms with Crippen molar-refractivity contribution in [2.75, 3.05) is 18.9 Å². The number of hydrogen-bond donors (Lipinski definition) is 2. The Labute approximate surface area is 204 Å². The van der Waals surface area contributed by atoms with E-state index in [1.165, 1.54) is 11.8 Å². The third-order valence-corrected chi connectivity index (χ3v) is 8.00. The van der Waals surface area contributed by atoms with Gasteiger partial charge in [0.2, 0.25) is 5.91 Å². The van der Waals surface area contributed by atoms with Crippen molar-refractivity contribution in [3.05, 3.63) is 44.8 Å². The molecule has 3 aromatic rings. The summed E-state index contributed by atoms with van der Waals surface area (Å²) in [6.07, 6.45) is 3.97. The van der Waals surface area contributed by atoms with Crippen LogP contribution in [0, 0.1) is 0 Å². The Morgan fingerprint density at radius 3 is 2.90 bits per heavy atom. The third-order valence-electron chi connectivity index (χ3n) is 4.63. The van der Waals surface area contributed by atoms with Crippen LogP contribution in [0.1, 0.15) is 18.4 Å². The summed E-state index contributed by atoms with van der Waals surface area (Å²) < 4.78 is 8.60. The number of halogens is 2. The highest BCUT2D eigenvalue weighted by Crippen LogP contribution is 2.34. The van der Waals surface area contributed by atoms with Gasteiger partial charge < -0.3 is 15.2 Å². The molecule has 31 heavy (non-hydrogen) atoms. The SMILES string of the molecule is O=C(CSc1nc2ccc(N=Cc3cc(Br)c(O)c(Br)c3)cc2s1)NC[C@@H]1CCCO1. The van der Waals surface area contributed by atoms with E-state index in [9.17, 15) is 9.90 Å². The van der Waals surface area contributed by atoms with E-state index in [2.05, 4.69) is 47.2 Å². The summed E-state index contributed by atoms with van der Waals surface area (Å²) in [7, 11) is 0. The van der Waals surface area contributed by atoms with Gasteiger partial charge >= 0.3 is 0 Å². The molecule has 1 fully saturated rings. The lowest BCUT2D eigenvalue weighted by atomic mass is 10.2. The van der Waals surface area contributed by atoms with Crippen LogP contribution in [0.3, 0.4) is 0 Å². The number of nitrogens with zero attached hydrogens (tertiary/aromatic N) is 2. The lowest BCUT2D eigenvalue weighted by Gasteiger charge is -2.09. The molecular formula is C21H19Br2N3O3S2. The van der Waals surface area contributed by atoms with Crippen LogP contribution in [0.4, 0.5) is 5.69 Å². The molecule has 2 aromatic carbocycles. The molecule has 0 aliphatic carbocycles. The maximum Gasteiger partial charge on any atom is 0.230 e. The summed E-state index contributed by atoms with van der Waals surface area (Å²) in [5, 5.41) is 12.7. The number of fused-ring (bicyclic) bond motifs is 1. The van der Waals surface area contributed by atoms with Gasteiger partial charge in [-0.3, -0.25) is 9.79 Å². The molecule has 0 saturated carbocycles. The van der Waals surface area contributed by atoms with Crippen molar-refractivity contribution in [3.63, 3.8) is 0 Å². The number of thioether (sulfide) groups is 1. The monoisotopic (exact) mass is 583 g/mol. The minimum absolute atomic E-state index is 0.00346. The number of benzene rings is 2. The molecule has 2 N–H and O–H groups in total. The predicted octanol–water partition coefficient (Wildman–Crippen LogP) is 5.66. The van der Waals surface area contributed by atoms with Crippen molar-refractivity contribution >= 4 is 83.0 Å². The van der Waals surface area contributed by atoms with E-state index >= 15 is 0 Å². The first kappa shape index (κ1) is 22.7. The van der Waals surface area contributed by atoms with E-state index < -0.39 is 0 Å². The van der Waals surface area contributed by atoms with E-state index in [-0.39, 0.29) is 17.8 Å². The lowest BCUT2D eigenvalue weighted by molar-refractivity contribution is -0.119. The molecule has 10 heteroatoms. The van der Waals surface area contributed by atoms with Crippen LogP contribution in [0.5, 0.6) is 5.75 Å². The van der Waals surface area contributed by atoms with Crippen molar-refractivity contribution in [1.82, 2.24) is 10.3 Å². The highest BCUT2D eigenvalue weighted by atomic mass is 79.9. The number of thiazole rings is 1. The largest absolute Gasteiger partial charge is 0.506 e. The van der Waals surface area contributed by atoms with Crippen LogP contribution in [-0.2, 0) is 9.53 Å². The summed E-state index contributed by atoms with van der Waals surface area (Å²) in [5.41, 5.74) is 2.55. The Balaban J connectivity index is 1.37. The Morgan fingerprint density at radius 1 is 1.35 bits per heavy atom. The Bertz CT molecular complexity index is 1110. The van der Waals surface area contributed by atoms with Gasteiger partial charge in [0.15, 0.2) is 4.34 Å². The first-order valence-corrected chi connectivity index (χ1v) is 13.0. The fourth-order valence-electron chi connectivity index (χ4n) is 3.05. The zero-order valence-corrected chi connectivity index (χ0v) is 21.1. The summed E-state index contributed by atoms with van der Waals surface area (Å²) >= 11 is 9.64. The van der Waals surface area contributed by atoms with Gasteiger partial charge in [-0.2, -0.15) is 0 Å². The van der Waals surface area contributed by atoms with Crippen LogP contribution < -0.4 is 5.32 Å². The Hall–Kier alpha value is -1.46. The molecule has 0 bridgehead atoms. The van der Waals surface area contributed by atoms with Crippen molar-refractivity contribution in [1.29, 1.82) is 0 Å². The van der Waals surface area contributed by atoms with Gasteiger partial charge in [0.05, 0.1) is 36.7 Å². The lowest BCUT2D eigenvalue weighted by Crippen LogP contribution is -2.32. The van der Waals surface area contributed by atoms with Gasteiger partial charge in [0, 0.05) is 19.4 Å². The molecule has 1 amide bonds. The maximum absolute atomic E-state index is 12.1. The smallest absolute Gasteiger partial charge is 0.230 e. The molecule has 1 atom stereocenters. The highest BCUT2D eigenvalue weighted by molar-refractivity contribution is 9.11.